The van der Waals surface area contributed by atoms with Crippen LogP contribution in [0, 0.1) is 5.82 Å². The number of benzene rings is 2. The first-order valence-electron chi connectivity index (χ1n) is 8.70. The van der Waals surface area contributed by atoms with E-state index in [0.717, 1.165) is 5.56 Å². The van der Waals surface area contributed by atoms with Crippen molar-refractivity contribution in [2.24, 2.45) is 0 Å². The molecular formula is C22H19FN2O3. The van der Waals surface area contributed by atoms with Crippen LogP contribution in [0.25, 0.3) is 6.08 Å². The van der Waals surface area contributed by atoms with Crippen molar-refractivity contribution >= 4 is 23.6 Å². The Morgan fingerprint density at radius 1 is 1.04 bits per heavy atom. The van der Waals surface area contributed by atoms with E-state index in [0.29, 0.717) is 17.0 Å². The third-order valence-electron chi connectivity index (χ3n) is 4.08. The zero-order chi connectivity index (χ0) is 19.9. The number of furan rings is 1. The van der Waals surface area contributed by atoms with Crippen LogP contribution >= 0.6 is 0 Å². The van der Waals surface area contributed by atoms with E-state index in [1.54, 1.807) is 30.3 Å². The number of hydrogen-bond acceptors (Lipinski definition) is 3. The first kappa shape index (κ1) is 19.1. The molecule has 1 heterocycles. The lowest BCUT2D eigenvalue weighted by atomic mass is 10.1. The van der Waals surface area contributed by atoms with Gasteiger partial charge in [0.15, 0.2) is 0 Å². The molecule has 0 aliphatic carbocycles. The first-order valence-corrected chi connectivity index (χ1v) is 8.70. The van der Waals surface area contributed by atoms with Crippen LogP contribution in [0.2, 0.25) is 0 Å². The summed E-state index contributed by atoms with van der Waals surface area (Å²) >= 11 is 0. The third-order valence-corrected chi connectivity index (χ3v) is 4.08. The lowest BCUT2D eigenvalue weighted by Gasteiger charge is -2.14. The highest BCUT2D eigenvalue weighted by Gasteiger charge is 2.09. The van der Waals surface area contributed by atoms with Gasteiger partial charge in [-0.15, -0.1) is 0 Å². The summed E-state index contributed by atoms with van der Waals surface area (Å²) in [6, 6.07) is 15.8. The standard InChI is InChI=1S/C22H19FN2O3/c1-15(24-21(26)13-12-20-3-2-14-28-20)16-6-10-19(11-7-16)25-22(27)17-4-8-18(23)9-5-17/h2-15H,1H3,(H,24,26)(H,25,27). The fraction of sp³-hybridized carbons (Fsp3) is 0.0909. The average molecular weight is 378 g/mol. The van der Waals surface area contributed by atoms with Crippen molar-refractivity contribution in [2.75, 3.05) is 5.32 Å². The number of halogens is 1. The van der Waals surface area contributed by atoms with Gasteiger partial charge in [0.25, 0.3) is 5.91 Å². The number of amides is 2. The Hall–Kier alpha value is -3.67. The molecule has 5 nitrogen and oxygen atoms in total. The lowest BCUT2D eigenvalue weighted by Crippen LogP contribution is -2.24. The SMILES string of the molecule is CC(NC(=O)C=Cc1ccco1)c1ccc(NC(=O)c2ccc(F)cc2)cc1. The smallest absolute Gasteiger partial charge is 0.255 e. The zero-order valence-electron chi connectivity index (χ0n) is 15.2. The summed E-state index contributed by atoms with van der Waals surface area (Å²) in [5, 5.41) is 5.61. The van der Waals surface area contributed by atoms with Gasteiger partial charge in [0, 0.05) is 17.3 Å². The summed E-state index contributed by atoms with van der Waals surface area (Å²) in [5.74, 6) is -0.352. The molecule has 2 aromatic carbocycles. The van der Waals surface area contributed by atoms with Crippen molar-refractivity contribution < 1.29 is 18.4 Å². The van der Waals surface area contributed by atoms with Gasteiger partial charge >= 0.3 is 0 Å². The summed E-state index contributed by atoms with van der Waals surface area (Å²) in [5.41, 5.74) is 1.86. The first-order chi connectivity index (χ1) is 13.5. The topological polar surface area (TPSA) is 71.3 Å². The molecule has 0 saturated heterocycles. The monoisotopic (exact) mass is 378 g/mol. The van der Waals surface area contributed by atoms with Crippen molar-refractivity contribution in [1.29, 1.82) is 0 Å². The molecule has 1 unspecified atom stereocenters. The van der Waals surface area contributed by atoms with Crippen LogP contribution in [0.3, 0.4) is 0 Å². The highest BCUT2D eigenvalue weighted by molar-refractivity contribution is 6.04. The number of anilines is 1. The fourth-order valence-corrected chi connectivity index (χ4v) is 2.55. The molecule has 3 aromatic rings. The van der Waals surface area contributed by atoms with Crippen LogP contribution in [0.15, 0.2) is 77.4 Å². The van der Waals surface area contributed by atoms with Gasteiger partial charge in [-0.2, -0.15) is 0 Å². The third kappa shape index (κ3) is 5.17. The van der Waals surface area contributed by atoms with E-state index in [1.807, 2.05) is 19.1 Å². The molecule has 28 heavy (non-hydrogen) atoms. The van der Waals surface area contributed by atoms with Crippen LogP contribution in [0.5, 0.6) is 0 Å². The molecule has 0 spiro atoms. The average Bonchev–Trinajstić information content (AvgIpc) is 3.21. The van der Waals surface area contributed by atoms with Crippen LogP contribution < -0.4 is 10.6 Å². The van der Waals surface area contributed by atoms with Gasteiger partial charge in [0.1, 0.15) is 11.6 Å². The summed E-state index contributed by atoms with van der Waals surface area (Å²) in [6.45, 7) is 1.87. The summed E-state index contributed by atoms with van der Waals surface area (Å²) < 4.78 is 18.1. The number of carbonyl (C=O) groups is 2. The van der Waals surface area contributed by atoms with E-state index >= 15 is 0 Å². The minimum absolute atomic E-state index is 0.212. The van der Waals surface area contributed by atoms with Gasteiger partial charge in [-0.3, -0.25) is 9.59 Å². The van der Waals surface area contributed by atoms with Crippen molar-refractivity contribution in [2.45, 2.75) is 13.0 Å². The van der Waals surface area contributed by atoms with E-state index in [1.165, 1.54) is 36.6 Å². The van der Waals surface area contributed by atoms with Gasteiger partial charge in [0.2, 0.25) is 5.91 Å². The highest BCUT2D eigenvalue weighted by Crippen LogP contribution is 2.17. The number of hydrogen-bond donors (Lipinski definition) is 2. The Morgan fingerprint density at radius 3 is 2.39 bits per heavy atom. The fourth-order valence-electron chi connectivity index (χ4n) is 2.55. The molecule has 0 fully saturated rings. The predicted molar refractivity (Wildman–Crippen MR) is 105 cm³/mol. The molecule has 2 N–H and O–H groups in total. The predicted octanol–water partition coefficient (Wildman–Crippen LogP) is 4.56. The van der Waals surface area contributed by atoms with Crippen molar-refractivity contribution in [3.63, 3.8) is 0 Å². The quantitative estimate of drug-likeness (QED) is 0.618. The maximum Gasteiger partial charge on any atom is 0.255 e. The Balaban J connectivity index is 1.56. The van der Waals surface area contributed by atoms with E-state index in [4.69, 9.17) is 4.42 Å². The zero-order valence-corrected chi connectivity index (χ0v) is 15.2. The minimum Gasteiger partial charge on any atom is -0.465 e. The molecule has 0 saturated carbocycles. The molecular weight excluding hydrogens is 359 g/mol. The van der Waals surface area contributed by atoms with Crippen LogP contribution in [0.4, 0.5) is 10.1 Å². The van der Waals surface area contributed by atoms with E-state index in [2.05, 4.69) is 10.6 Å². The Labute approximate surface area is 161 Å². The van der Waals surface area contributed by atoms with Crippen LogP contribution in [-0.2, 0) is 4.79 Å². The number of nitrogens with one attached hydrogen (secondary N) is 2. The van der Waals surface area contributed by atoms with E-state index in [9.17, 15) is 14.0 Å². The molecule has 1 aromatic heterocycles. The molecule has 6 heteroatoms. The molecule has 0 aliphatic rings. The van der Waals surface area contributed by atoms with Crippen LogP contribution in [0.1, 0.15) is 34.6 Å². The Kier molecular flexibility index (Phi) is 6.01. The number of carbonyl (C=O) groups excluding carboxylic acids is 2. The molecule has 142 valence electrons. The van der Waals surface area contributed by atoms with Crippen LogP contribution in [-0.4, -0.2) is 11.8 Å². The second-order valence-electron chi connectivity index (χ2n) is 6.16. The van der Waals surface area contributed by atoms with Gasteiger partial charge in [-0.1, -0.05) is 12.1 Å². The Bertz CT molecular complexity index is 962. The number of rotatable bonds is 6. The molecule has 0 bridgehead atoms. The summed E-state index contributed by atoms with van der Waals surface area (Å²) in [6.07, 6.45) is 4.54. The minimum atomic E-state index is -0.393. The Morgan fingerprint density at radius 2 is 1.75 bits per heavy atom. The van der Waals surface area contributed by atoms with Crippen molar-refractivity contribution in [3.05, 3.63) is 95.7 Å². The van der Waals surface area contributed by atoms with Gasteiger partial charge in [-0.25, -0.2) is 4.39 Å². The highest BCUT2D eigenvalue weighted by atomic mass is 19.1. The second kappa shape index (κ2) is 8.81. The van der Waals surface area contributed by atoms with Gasteiger partial charge in [0.05, 0.1) is 12.3 Å². The maximum atomic E-state index is 12.9. The molecule has 3 rings (SSSR count). The summed E-state index contributed by atoms with van der Waals surface area (Å²) in [7, 11) is 0. The molecule has 1 atom stereocenters. The molecule has 0 aliphatic heterocycles. The maximum absolute atomic E-state index is 12.9. The van der Waals surface area contributed by atoms with E-state index in [-0.39, 0.29) is 17.9 Å². The van der Waals surface area contributed by atoms with E-state index < -0.39 is 5.82 Å². The molecule has 2 amide bonds. The van der Waals surface area contributed by atoms with Gasteiger partial charge < -0.3 is 15.1 Å². The second-order valence-corrected chi connectivity index (χ2v) is 6.16. The normalized spacial score (nSPS) is 11.9. The van der Waals surface area contributed by atoms with Crippen molar-refractivity contribution in [1.82, 2.24) is 5.32 Å². The molecule has 0 radical (unpaired) electrons. The van der Waals surface area contributed by atoms with Crippen molar-refractivity contribution in [3.8, 4) is 0 Å². The van der Waals surface area contributed by atoms with Gasteiger partial charge in [-0.05, 0) is 67.1 Å². The largest absolute Gasteiger partial charge is 0.465 e. The lowest BCUT2D eigenvalue weighted by molar-refractivity contribution is -0.117. The summed E-state index contributed by atoms with van der Waals surface area (Å²) in [4.78, 5) is 24.1.